The number of pyridine rings is 1. The van der Waals surface area contributed by atoms with E-state index in [2.05, 4.69) is 10.3 Å². The van der Waals surface area contributed by atoms with Crippen molar-refractivity contribution >= 4 is 47.1 Å². The number of nitrogens with zero attached hydrogens (tertiary/aromatic N) is 3. The fourth-order valence-electron chi connectivity index (χ4n) is 3.73. The maximum atomic E-state index is 12.6. The van der Waals surface area contributed by atoms with Gasteiger partial charge in [-0.3, -0.25) is 9.59 Å². The van der Waals surface area contributed by atoms with E-state index in [9.17, 15) is 9.59 Å². The summed E-state index contributed by atoms with van der Waals surface area (Å²) in [4.78, 5) is 32.3. The van der Waals surface area contributed by atoms with Crippen molar-refractivity contribution in [1.82, 2.24) is 14.8 Å². The Morgan fingerprint density at radius 3 is 2.84 bits per heavy atom. The predicted molar refractivity (Wildman–Crippen MR) is 128 cm³/mol. The summed E-state index contributed by atoms with van der Waals surface area (Å²) < 4.78 is 5.92. The number of amides is 2. The van der Waals surface area contributed by atoms with Crippen LogP contribution in [0.4, 0.5) is 5.82 Å². The zero-order chi connectivity index (χ0) is 22.0. The molecule has 0 fully saturated rings. The summed E-state index contributed by atoms with van der Waals surface area (Å²) >= 11 is 0. The minimum absolute atomic E-state index is 0. The van der Waals surface area contributed by atoms with Gasteiger partial charge in [0, 0.05) is 62.4 Å². The lowest BCUT2D eigenvalue weighted by atomic mass is 10.1. The van der Waals surface area contributed by atoms with Gasteiger partial charge < -0.3 is 19.5 Å². The molecule has 3 aromatic rings. The lowest BCUT2D eigenvalue weighted by molar-refractivity contribution is -0.129. The lowest BCUT2D eigenvalue weighted by Crippen LogP contribution is -2.30. The first-order chi connectivity index (χ1) is 14.9. The Bertz CT molecular complexity index is 1170. The number of nitrogens with one attached hydrogen (secondary N) is 1. The highest BCUT2D eigenvalue weighted by atomic mass is 35.5. The summed E-state index contributed by atoms with van der Waals surface area (Å²) in [5.74, 6) is 1.48. The van der Waals surface area contributed by atoms with Gasteiger partial charge in [0.2, 0.25) is 11.8 Å². The second-order valence-electron chi connectivity index (χ2n) is 7.82. The quantitative estimate of drug-likeness (QED) is 0.603. The molecule has 1 N–H and O–H groups in total. The Balaban J connectivity index is 0.00000289. The van der Waals surface area contributed by atoms with Crippen molar-refractivity contribution in [2.75, 3.05) is 25.5 Å². The number of anilines is 1. The molecule has 0 atom stereocenters. The molecule has 32 heavy (non-hydrogen) atoms. The lowest BCUT2D eigenvalue weighted by Gasteiger charge is -2.17. The van der Waals surface area contributed by atoms with E-state index in [4.69, 9.17) is 4.42 Å². The number of benzene rings is 1. The van der Waals surface area contributed by atoms with Crippen molar-refractivity contribution in [3.8, 4) is 0 Å². The molecule has 0 radical (unpaired) electrons. The Hall–Kier alpha value is -3.32. The molecule has 0 saturated heterocycles. The molecule has 0 spiro atoms. The van der Waals surface area contributed by atoms with Crippen molar-refractivity contribution in [2.24, 2.45) is 0 Å². The third-order valence-electron chi connectivity index (χ3n) is 5.59. The number of carbonyl (C=O) groups is 2. The van der Waals surface area contributed by atoms with Crippen LogP contribution in [0.2, 0.25) is 0 Å². The maximum absolute atomic E-state index is 12.6. The first-order valence-electron chi connectivity index (χ1n) is 10.3. The summed E-state index contributed by atoms with van der Waals surface area (Å²) in [7, 11) is 1.75. The van der Waals surface area contributed by atoms with Gasteiger partial charge in [-0.1, -0.05) is 18.2 Å². The highest BCUT2D eigenvalue weighted by Crippen LogP contribution is 2.26. The fraction of sp³-hybridized carbons (Fsp3) is 0.292. The number of para-hydroxylation sites is 1. The van der Waals surface area contributed by atoms with Crippen LogP contribution < -0.4 is 5.32 Å². The molecule has 0 saturated carbocycles. The van der Waals surface area contributed by atoms with Crippen LogP contribution in [0.5, 0.6) is 0 Å². The van der Waals surface area contributed by atoms with E-state index in [1.807, 2.05) is 37.3 Å². The first-order valence-corrected chi connectivity index (χ1v) is 10.3. The number of carbonyl (C=O) groups excluding carboxylic acids is 2. The maximum Gasteiger partial charge on any atom is 0.246 e. The number of likely N-dealkylation sites (N-methyl/N-ethyl adjacent to an activating group) is 1. The third-order valence-corrected chi connectivity index (χ3v) is 5.59. The van der Waals surface area contributed by atoms with Crippen LogP contribution in [0.1, 0.15) is 29.4 Å². The summed E-state index contributed by atoms with van der Waals surface area (Å²) in [6.07, 6.45) is 5.01. The molecule has 2 aromatic heterocycles. The van der Waals surface area contributed by atoms with Gasteiger partial charge in [0.1, 0.15) is 17.2 Å². The van der Waals surface area contributed by atoms with Crippen LogP contribution in [0.3, 0.4) is 0 Å². The average Bonchev–Trinajstić information content (AvgIpc) is 2.94. The normalized spacial score (nSPS) is 13.3. The van der Waals surface area contributed by atoms with E-state index in [1.165, 1.54) is 6.08 Å². The molecule has 1 aromatic carbocycles. The Morgan fingerprint density at radius 1 is 1.31 bits per heavy atom. The summed E-state index contributed by atoms with van der Waals surface area (Å²) in [5, 5.41) is 4.32. The molecule has 4 rings (SSSR count). The van der Waals surface area contributed by atoms with Gasteiger partial charge in [-0.2, -0.15) is 0 Å². The highest BCUT2D eigenvalue weighted by Gasteiger charge is 2.17. The van der Waals surface area contributed by atoms with E-state index in [0.29, 0.717) is 26.2 Å². The number of rotatable bonds is 4. The smallest absolute Gasteiger partial charge is 0.246 e. The average molecular weight is 455 g/mol. The Morgan fingerprint density at radius 2 is 2.09 bits per heavy atom. The van der Waals surface area contributed by atoms with Gasteiger partial charge in [-0.05, 0) is 30.7 Å². The SMILES string of the molecule is CC(=O)N1CCNc2ncc(C=CC(=O)N(C)Cc3oc4ccccc4c3C)cc2C1.Cl. The fourth-order valence-corrected chi connectivity index (χ4v) is 3.73. The molecular formula is C24H27ClN4O3. The van der Waals surface area contributed by atoms with Crippen LogP contribution in [-0.2, 0) is 22.7 Å². The number of hydrogen-bond acceptors (Lipinski definition) is 5. The van der Waals surface area contributed by atoms with Gasteiger partial charge in [0.25, 0.3) is 0 Å². The second-order valence-corrected chi connectivity index (χ2v) is 7.82. The van der Waals surface area contributed by atoms with Crippen LogP contribution in [0.25, 0.3) is 17.0 Å². The van der Waals surface area contributed by atoms with Gasteiger partial charge in [-0.25, -0.2) is 4.98 Å². The van der Waals surface area contributed by atoms with Crippen molar-refractivity contribution < 1.29 is 14.0 Å². The topological polar surface area (TPSA) is 78.7 Å². The summed E-state index contributed by atoms with van der Waals surface area (Å²) in [5.41, 5.74) is 3.63. The number of aromatic nitrogens is 1. The van der Waals surface area contributed by atoms with Gasteiger partial charge in [0.15, 0.2) is 0 Å². The molecule has 1 aliphatic rings. The molecule has 168 valence electrons. The van der Waals surface area contributed by atoms with Gasteiger partial charge in [-0.15, -0.1) is 12.4 Å². The van der Waals surface area contributed by atoms with Crippen molar-refractivity contribution in [3.05, 3.63) is 65.1 Å². The molecule has 8 heteroatoms. The Kier molecular flexibility index (Phi) is 7.20. The molecule has 0 unspecified atom stereocenters. The number of hydrogen-bond donors (Lipinski definition) is 1. The van der Waals surface area contributed by atoms with Crippen LogP contribution in [0.15, 0.2) is 47.0 Å². The monoisotopic (exact) mass is 454 g/mol. The van der Waals surface area contributed by atoms with Crippen molar-refractivity contribution in [1.29, 1.82) is 0 Å². The molecule has 3 heterocycles. The molecule has 2 amide bonds. The van der Waals surface area contributed by atoms with Crippen LogP contribution in [-0.4, -0.2) is 46.7 Å². The molecular weight excluding hydrogens is 428 g/mol. The number of halogens is 1. The third kappa shape index (κ3) is 4.94. The molecule has 0 aliphatic carbocycles. The van der Waals surface area contributed by atoms with Gasteiger partial charge in [0.05, 0.1) is 6.54 Å². The first kappa shape index (κ1) is 23.3. The number of furan rings is 1. The van der Waals surface area contributed by atoms with Crippen LogP contribution in [0, 0.1) is 6.92 Å². The van der Waals surface area contributed by atoms with E-state index in [0.717, 1.165) is 39.2 Å². The standard InChI is InChI=1S/C24H26N4O3.ClH/c1-16-20-6-4-5-7-21(20)31-22(16)15-27(3)23(30)9-8-18-12-19-14-28(17(2)29)11-10-25-24(19)26-13-18;/h4-9,12-13H,10-11,14-15H2,1-3H3,(H,25,26);1H. The number of fused-ring (bicyclic) bond motifs is 2. The zero-order valence-corrected chi connectivity index (χ0v) is 19.2. The number of aryl methyl sites for hydroxylation is 1. The Labute approximate surface area is 193 Å². The van der Waals surface area contributed by atoms with Gasteiger partial charge >= 0.3 is 0 Å². The van der Waals surface area contributed by atoms with E-state index >= 15 is 0 Å². The minimum Gasteiger partial charge on any atom is -0.459 e. The molecule has 7 nitrogen and oxygen atoms in total. The summed E-state index contributed by atoms with van der Waals surface area (Å²) in [6, 6.07) is 9.83. The van der Waals surface area contributed by atoms with E-state index in [-0.39, 0.29) is 24.2 Å². The van der Waals surface area contributed by atoms with E-state index in [1.54, 1.807) is 36.0 Å². The molecule has 1 aliphatic heterocycles. The van der Waals surface area contributed by atoms with Crippen molar-refractivity contribution in [2.45, 2.75) is 26.9 Å². The van der Waals surface area contributed by atoms with E-state index < -0.39 is 0 Å². The molecule has 0 bridgehead atoms. The second kappa shape index (κ2) is 9.87. The zero-order valence-electron chi connectivity index (χ0n) is 18.4. The summed E-state index contributed by atoms with van der Waals surface area (Å²) in [6.45, 7) is 5.78. The highest BCUT2D eigenvalue weighted by molar-refractivity contribution is 5.91. The van der Waals surface area contributed by atoms with Crippen molar-refractivity contribution in [3.63, 3.8) is 0 Å². The predicted octanol–water partition coefficient (Wildman–Crippen LogP) is 4.00. The minimum atomic E-state index is -0.127. The van der Waals surface area contributed by atoms with Crippen LogP contribution >= 0.6 is 12.4 Å². The largest absolute Gasteiger partial charge is 0.459 e.